The van der Waals surface area contributed by atoms with E-state index < -0.39 is 6.10 Å². The largest absolute Gasteiger partial charge is 0.508 e. The second-order valence-corrected chi connectivity index (χ2v) is 4.64. The predicted molar refractivity (Wildman–Crippen MR) is 76.6 cm³/mol. The average Bonchev–Trinajstić information content (AvgIpc) is 2.45. The van der Waals surface area contributed by atoms with Gasteiger partial charge in [0.15, 0.2) is 0 Å². The van der Waals surface area contributed by atoms with Crippen molar-refractivity contribution in [1.82, 2.24) is 5.32 Å². The lowest BCUT2D eigenvalue weighted by atomic mass is 10.1. The maximum absolute atomic E-state index is 12.0. The minimum absolute atomic E-state index is 0.128. The highest BCUT2D eigenvalue weighted by Gasteiger charge is 2.12. The van der Waals surface area contributed by atoms with Crippen LogP contribution in [0.2, 0.25) is 0 Å². The number of aliphatic hydroxyl groups is 1. The van der Waals surface area contributed by atoms with E-state index in [1.54, 1.807) is 13.0 Å². The summed E-state index contributed by atoms with van der Waals surface area (Å²) in [7, 11) is 0. The third-order valence-corrected chi connectivity index (χ3v) is 3.09. The maximum Gasteiger partial charge on any atom is 0.251 e. The van der Waals surface area contributed by atoms with Crippen molar-refractivity contribution >= 4 is 5.91 Å². The number of benzene rings is 2. The zero-order chi connectivity index (χ0) is 14.5. The van der Waals surface area contributed by atoms with E-state index in [4.69, 9.17) is 0 Å². The Hall–Kier alpha value is -2.33. The van der Waals surface area contributed by atoms with E-state index in [0.29, 0.717) is 11.1 Å². The van der Waals surface area contributed by atoms with Crippen LogP contribution in [0, 0.1) is 6.92 Å². The fraction of sp³-hybridized carbons (Fsp3) is 0.188. The zero-order valence-electron chi connectivity index (χ0n) is 11.2. The summed E-state index contributed by atoms with van der Waals surface area (Å²) in [4.78, 5) is 12.0. The van der Waals surface area contributed by atoms with Gasteiger partial charge in [-0.3, -0.25) is 4.79 Å². The number of aryl methyl sites for hydroxylation is 1. The predicted octanol–water partition coefficient (Wildman–Crippen LogP) is 2.16. The first-order chi connectivity index (χ1) is 9.58. The number of nitrogens with one attached hydrogen (secondary N) is 1. The van der Waals surface area contributed by atoms with Gasteiger partial charge in [0, 0.05) is 12.1 Å². The number of rotatable bonds is 4. The van der Waals surface area contributed by atoms with Gasteiger partial charge in [0.05, 0.1) is 6.10 Å². The van der Waals surface area contributed by atoms with Gasteiger partial charge in [-0.05, 0) is 36.2 Å². The fourth-order valence-corrected chi connectivity index (χ4v) is 1.98. The highest BCUT2D eigenvalue weighted by molar-refractivity contribution is 5.95. The van der Waals surface area contributed by atoms with Crippen LogP contribution in [0.5, 0.6) is 5.75 Å². The van der Waals surface area contributed by atoms with Gasteiger partial charge in [-0.25, -0.2) is 0 Å². The van der Waals surface area contributed by atoms with Crippen LogP contribution >= 0.6 is 0 Å². The molecule has 0 spiro atoms. The standard InChI is InChI=1S/C16H17NO3/c1-11-9-13(18)7-8-14(11)16(20)17-10-15(19)12-5-3-2-4-6-12/h2-9,15,18-19H,10H2,1H3,(H,17,20). The van der Waals surface area contributed by atoms with E-state index in [-0.39, 0.29) is 18.2 Å². The van der Waals surface area contributed by atoms with Crippen LogP contribution in [0.1, 0.15) is 27.6 Å². The van der Waals surface area contributed by atoms with Crippen LogP contribution in [0.3, 0.4) is 0 Å². The lowest BCUT2D eigenvalue weighted by Gasteiger charge is -2.13. The smallest absolute Gasteiger partial charge is 0.251 e. The molecule has 0 saturated carbocycles. The molecule has 0 heterocycles. The van der Waals surface area contributed by atoms with Gasteiger partial charge in [-0.2, -0.15) is 0 Å². The van der Waals surface area contributed by atoms with Gasteiger partial charge in [0.1, 0.15) is 5.75 Å². The van der Waals surface area contributed by atoms with Gasteiger partial charge in [0.25, 0.3) is 5.91 Å². The molecule has 3 N–H and O–H groups in total. The van der Waals surface area contributed by atoms with Crippen LogP contribution in [-0.4, -0.2) is 22.7 Å². The number of aromatic hydroxyl groups is 1. The van der Waals surface area contributed by atoms with Gasteiger partial charge in [-0.1, -0.05) is 30.3 Å². The van der Waals surface area contributed by atoms with Crippen molar-refractivity contribution in [3.8, 4) is 5.75 Å². The van der Waals surface area contributed by atoms with Crippen LogP contribution < -0.4 is 5.32 Å². The Labute approximate surface area is 117 Å². The van der Waals surface area contributed by atoms with Crippen LogP contribution in [0.15, 0.2) is 48.5 Å². The van der Waals surface area contributed by atoms with E-state index in [1.807, 2.05) is 30.3 Å². The number of aliphatic hydroxyl groups excluding tert-OH is 1. The third kappa shape index (κ3) is 3.36. The number of hydrogen-bond donors (Lipinski definition) is 3. The number of hydrogen-bond acceptors (Lipinski definition) is 3. The second kappa shape index (κ2) is 6.21. The molecule has 4 nitrogen and oxygen atoms in total. The number of phenolic OH excluding ortho intramolecular Hbond substituents is 1. The van der Waals surface area contributed by atoms with E-state index >= 15 is 0 Å². The molecule has 0 fully saturated rings. The van der Waals surface area contributed by atoms with Crippen molar-refractivity contribution in [2.45, 2.75) is 13.0 Å². The van der Waals surface area contributed by atoms with Gasteiger partial charge in [-0.15, -0.1) is 0 Å². The first-order valence-corrected chi connectivity index (χ1v) is 6.39. The maximum atomic E-state index is 12.0. The van der Waals surface area contributed by atoms with Crippen molar-refractivity contribution in [3.05, 3.63) is 65.2 Å². The normalized spacial score (nSPS) is 11.9. The summed E-state index contributed by atoms with van der Waals surface area (Å²) in [5.74, 6) is -0.138. The molecule has 1 amide bonds. The molecule has 0 aliphatic heterocycles. The number of carbonyl (C=O) groups excluding carboxylic acids is 1. The van der Waals surface area contributed by atoms with Crippen LogP contribution in [0.4, 0.5) is 0 Å². The summed E-state index contributed by atoms with van der Waals surface area (Å²) in [5, 5.41) is 22.0. The molecular weight excluding hydrogens is 254 g/mol. The Morgan fingerprint density at radius 2 is 1.90 bits per heavy atom. The van der Waals surface area contributed by atoms with Crippen molar-refractivity contribution in [3.63, 3.8) is 0 Å². The summed E-state index contributed by atoms with van der Waals surface area (Å²) in [6, 6.07) is 13.7. The van der Waals surface area contributed by atoms with Crippen molar-refractivity contribution in [2.24, 2.45) is 0 Å². The van der Waals surface area contributed by atoms with Crippen molar-refractivity contribution < 1.29 is 15.0 Å². The molecule has 2 rings (SSSR count). The van der Waals surface area contributed by atoms with E-state index in [0.717, 1.165) is 5.56 Å². The van der Waals surface area contributed by atoms with E-state index in [9.17, 15) is 15.0 Å². The molecule has 1 unspecified atom stereocenters. The lowest BCUT2D eigenvalue weighted by Crippen LogP contribution is -2.28. The fourth-order valence-electron chi connectivity index (χ4n) is 1.98. The second-order valence-electron chi connectivity index (χ2n) is 4.64. The molecular formula is C16H17NO3. The minimum atomic E-state index is -0.738. The number of amides is 1. The highest BCUT2D eigenvalue weighted by Crippen LogP contribution is 2.16. The molecule has 0 aromatic heterocycles. The van der Waals surface area contributed by atoms with Crippen LogP contribution in [-0.2, 0) is 0 Å². The molecule has 20 heavy (non-hydrogen) atoms. The Morgan fingerprint density at radius 1 is 1.20 bits per heavy atom. The molecule has 0 aliphatic rings. The first kappa shape index (κ1) is 14.1. The third-order valence-electron chi connectivity index (χ3n) is 3.09. The molecule has 4 heteroatoms. The summed E-state index contributed by atoms with van der Waals surface area (Å²) in [5.41, 5.74) is 1.94. The summed E-state index contributed by atoms with van der Waals surface area (Å²) >= 11 is 0. The summed E-state index contributed by atoms with van der Waals surface area (Å²) in [6.07, 6.45) is -0.738. The van der Waals surface area contributed by atoms with E-state index in [2.05, 4.69) is 5.32 Å². The van der Waals surface area contributed by atoms with Crippen molar-refractivity contribution in [1.29, 1.82) is 0 Å². The SMILES string of the molecule is Cc1cc(O)ccc1C(=O)NCC(O)c1ccccc1. The molecule has 0 saturated heterocycles. The Bertz CT molecular complexity index is 596. The highest BCUT2D eigenvalue weighted by atomic mass is 16.3. The van der Waals surface area contributed by atoms with Gasteiger partial charge >= 0.3 is 0 Å². The molecule has 104 valence electrons. The Balaban J connectivity index is 1.99. The Morgan fingerprint density at radius 3 is 2.55 bits per heavy atom. The average molecular weight is 271 g/mol. The van der Waals surface area contributed by atoms with E-state index in [1.165, 1.54) is 12.1 Å². The molecule has 0 radical (unpaired) electrons. The molecule has 2 aromatic rings. The molecule has 0 aliphatic carbocycles. The monoisotopic (exact) mass is 271 g/mol. The molecule has 1 atom stereocenters. The first-order valence-electron chi connectivity index (χ1n) is 6.39. The van der Waals surface area contributed by atoms with Gasteiger partial charge < -0.3 is 15.5 Å². The number of carbonyl (C=O) groups is 1. The van der Waals surface area contributed by atoms with Gasteiger partial charge in [0.2, 0.25) is 0 Å². The minimum Gasteiger partial charge on any atom is -0.508 e. The zero-order valence-corrected chi connectivity index (χ0v) is 11.2. The summed E-state index contributed by atoms with van der Waals surface area (Å²) < 4.78 is 0. The Kier molecular flexibility index (Phi) is 4.38. The molecule has 2 aromatic carbocycles. The van der Waals surface area contributed by atoms with Crippen molar-refractivity contribution in [2.75, 3.05) is 6.54 Å². The topological polar surface area (TPSA) is 69.6 Å². The quantitative estimate of drug-likeness (QED) is 0.798. The van der Waals surface area contributed by atoms with Crippen LogP contribution in [0.25, 0.3) is 0 Å². The molecule has 0 bridgehead atoms. The number of phenols is 1. The lowest BCUT2D eigenvalue weighted by molar-refractivity contribution is 0.0915. The summed E-state index contributed by atoms with van der Waals surface area (Å²) in [6.45, 7) is 1.89.